The van der Waals surface area contributed by atoms with Crippen molar-refractivity contribution in [3.63, 3.8) is 0 Å². The third kappa shape index (κ3) is 2.08. The van der Waals surface area contributed by atoms with Crippen molar-refractivity contribution in [3.05, 3.63) is 24.3 Å². The van der Waals surface area contributed by atoms with Gasteiger partial charge in [0, 0.05) is 24.6 Å². The lowest BCUT2D eigenvalue weighted by Gasteiger charge is -2.26. The summed E-state index contributed by atoms with van der Waals surface area (Å²) in [6.45, 7) is 0.745. The SMILES string of the molecule is OC(c1cncnc1)C1CCCCO1. The number of hydrogen-bond acceptors (Lipinski definition) is 4. The second kappa shape index (κ2) is 4.48. The third-order valence-electron chi connectivity index (χ3n) is 2.49. The van der Waals surface area contributed by atoms with Crippen LogP contribution in [-0.4, -0.2) is 27.8 Å². The fraction of sp³-hybridized carbons (Fsp3) is 0.600. The number of ether oxygens (including phenoxy) is 1. The lowest BCUT2D eigenvalue weighted by Crippen LogP contribution is -2.26. The van der Waals surface area contributed by atoms with E-state index in [1.807, 2.05) is 0 Å². The smallest absolute Gasteiger partial charge is 0.115 e. The van der Waals surface area contributed by atoms with Gasteiger partial charge >= 0.3 is 0 Å². The molecular formula is C10H14N2O2. The summed E-state index contributed by atoms with van der Waals surface area (Å²) >= 11 is 0. The summed E-state index contributed by atoms with van der Waals surface area (Å²) in [4.78, 5) is 7.75. The van der Waals surface area contributed by atoms with Crippen molar-refractivity contribution < 1.29 is 9.84 Å². The van der Waals surface area contributed by atoms with E-state index in [2.05, 4.69) is 9.97 Å². The van der Waals surface area contributed by atoms with Crippen molar-refractivity contribution in [1.82, 2.24) is 9.97 Å². The monoisotopic (exact) mass is 194 g/mol. The third-order valence-corrected chi connectivity index (χ3v) is 2.49. The van der Waals surface area contributed by atoms with Crippen LogP contribution in [0.15, 0.2) is 18.7 Å². The number of hydrogen-bond donors (Lipinski definition) is 1. The summed E-state index contributed by atoms with van der Waals surface area (Å²) in [6.07, 6.45) is 7.18. The Hall–Kier alpha value is -1.00. The molecule has 1 aromatic rings. The standard InChI is InChI=1S/C10H14N2O2/c13-10(8-5-11-7-12-6-8)9-3-1-2-4-14-9/h5-7,9-10,13H,1-4H2. The zero-order valence-corrected chi connectivity index (χ0v) is 7.97. The summed E-state index contributed by atoms with van der Waals surface area (Å²) < 4.78 is 5.49. The van der Waals surface area contributed by atoms with E-state index in [1.165, 1.54) is 6.33 Å². The van der Waals surface area contributed by atoms with Crippen LogP contribution in [0.2, 0.25) is 0 Å². The molecule has 0 spiro atoms. The van der Waals surface area contributed by atoms with Crippen LogP contribution in [0.1, 0.15) is 30.9 Å². The molecule has 1 aliphatic rings. The van der Waals surface area contributed by atoms with Gasteiger partial charge in [0.05, 0.1) is 6.10 Å². The highest BCUT2D eigenvalue weighted by Crippen LogP contribution is 2.25. The van der Waals surface area contributed by atoms with E-state index in [4.69, 9.17) is 4.74 Å². The fourth-order valence-corrected chi connectivity index (χ4v) is 1.69. The summed E-state index contributed by atoms with van der Waals surface area (Å²) in [5.41, 5.74) is 0.736. The van der Waals surface area contributed by atoms with Crippen LogP contribution < -0.4 is 0 Å². The van der Waals surface area contributed by atoms with E-state index in [-0.39, 0.29) is 6.10 Å². The largest absolute Gasteiger partial charge is 0.386 e. The first-order valence-corrected chi connectivity index (χ1v) is 4.92. The fourth-order valence-electron chi connectivity index (χ4n) is 1.69. The molecule has 1 saturated heterocycles. The molecule has 2 atom stereocenters. The van der Waals surface area contributed by atoms with Gasteiger partial charge in [-0.25, -0.2) is 9.97 Å². The molecule has 2 rings (SSSR count). The number of aliphatic hydroxyl groups excluding tert-OH is 1. The highest BCUT2D eigenvalue weighted by atomic mass is 16.5. The van der Waals surface area contributed by atoms with Crippen LogP contribution in [0, 0.1) is 0 Å². The first-order chi connectivity index (χ1) is 6.88. The average molecular weight is 194 g/mol. The molecule has 0 aromatic carbocycles. The molecule has 1 fully saturated rings. The normalized spacial score (nSPS) is 24.5. The number of nitrogens with zero attached hydrogens (tertiary/aromatic N) is 2. The average Bonchev–Trinajstić information content (AvgIpc) is 2.30. The van der Waals surface area contributed by atoms with E-state index in [0.717, 1.165) is 31.4 Å². The van der Waals surface area contributed by atoms with Crippen molar-refractivity contribution in [2.24, 2.45) is 0 Å². The van der Waals surface area contributed by atoms with Crippen LogP contribution in [-0.2, 0) is 4.74 Å². The maximum absolute atomic E-state index is 9.94. The zero-order valence-electron chi connectivity index (χ0n) is 7.97. The first-order valence-electron chi connectivity index (χ1n) is 4.92. The van der Waals surface area contributed by atoms with Gasteiger partial charge in [0.1, 0.15) is 12.4 Å². The van der Waals surface area contributed by atoms with Crippen LogP contribution in [0.3, 0.4) is 0 Å². The van der Waals surface area contributed by atoms with Crippen molar-refractivity contribution >= 4 is 0 Å². The predicted octanol–water partition coefficient (Wildman–Crippen LogP) is 1.08. The van der Waals surface area contributed by atoms with E-state index in [0.29, 0.717) is 0 Å². The number of aromatic nitrogens is 2. The van der Waals surface area contributed by atoms with Gasteiger partial charge in [0.25, 0.3) is 0 Å². The maximum atomic E-state index is 9.94. The van der Waals surface area contributed by atoms with Crippen LogP contribution in [0.25, 0.3) is 0 Å². The molecule has 4 nitrogen and oxygen atoms in total. The molecule has 2 unspecified atom stereocenters. The van der Waals surface area contributed by atoms with Gasteiger partial charge in [-0.15, -0.1) is 0 Å². The minimum atomic E-state index is -0.587. The van der Waals surface area contributed by atoms with Gasteiger partial charge in [-0.1, -0.05) is 0 Å². The highest BCUT2D eigenvalue weighted by Gasteiger charge is 2.24. The summed E-state index contributed by atoms with van der Waals surface area (Å²) in [5, 5.41) is 9.94. The first kappa shape index (κ1) is 9.55. The zero-order chi connectivity index (χ0) is 9.80. The van der Waals surface area contributed by atoms with Crippen LogP contribution in [0.5, 0.6) is 0 Å². The molecule has 1 aromatic heterocycles. The molecule has 1 aliphatic heterocycles. The summed E-state index contributed by atoms with van der Waals surface area (Å²) in [5.74, 6) is 0. The number of rotatable bonds is 2. The van der Waals surface area contributed by atoms with Gasteiger partial charge in [0.15, 0.2) is 0 Å². The molecule has 0 bridgehead atoms. The van der Waals surface area contributed by atoms with E-state index in [1.54, 1.807) is 12.4 Å². The minimum Gasteiger partial charge on any atom is -0.386 e. The van der Waals surface area contributed by atoms with E-state index in [9.17, 15) is 5.11 Å². The van der Waals surface area contributed by atoms with Crippen LogP contribution in [0.4, 0.5) is 0 Å². The second-order valence-electron chi connectivity index (χ2n) is 3.52. The van der Waals surface area contributed by atoms with Crippen molar-refractivity contribution in [2.45, 2.75) is 31.5 Å². The molecule has 0 aliphatic carbocycles. The Morgan fingerprint density at radius 3 is 2.79 bits per heavy atom. The Bertz CT molecular complexity index is 273. The Morgan fingerprint density at radius 2 is 2.14 bits per heavy atom. The Labute approximate surface area is 83.0 Å². The molecular weight excluding hydrogens is 180 g/mol. The van der Waals surface area contributed by atoms with Gasteiger partial charge in [-0.05, 0) is 19.3 Å². The Kier molecular flexibility index (Phi) is 3.06. The number of aliphatic hydroxyl groups is 1. The van der Waals surface area contributed by atoms with E-state index < -0.39 is 6.10 Å². The molecule has 14 heavy (non-hydrogen) atoms. The van der Waals surface area contributed by atoms with E-state index >= 15 is 0 Å². The van der Waals surface area contributed by atoms with Crippen molar-refractivity contribution in [3.8, 4) is 0 Å². The highest BCUT2D eigenvalue weighted by molar-refractivity contribution is 5.08. The molecule has 0 radical (unpaired) electrons. The Morgan fingerprint density at radius 1 is 1.36 bits per heavy atom. The second-order valence-corrected chi connectivity index (χ2v) is 3.52. The summed E-state index contributed by atoms with van der Waals surface area (Å²) in [7, 11) is 0. The maximum Gasteiger partial charge on any atom is 0.115 e. The van der Waals surface area contributed by atoms with Crippen molar-refractivity contribution in [1.29, 1.82) is 0 Å². The van der Waals surface area contributed by atoms with Gasteiger partial charge in [-0.2, -0.15) is 0 Å². The van der Waals surface area contributed by atoms with Crippen molar-refractivity contribution in [2.75, 3.05) is 6.61 Å². The topological polar surface area (TPSA) is 55.2 Å². The lowest BCUT2D eigenvalue weighted by molar-refractivity contribution is -0.0635. The molecule has 76 valence electrons. The lowest BCUT2D eigenvalue weighted by atomic mass is 10.0. The minimum absolute atomic E-state index is 0.0882. The summed E-state index contributed by atoms with van der Waals surface area (Å²) in [6, 6.07) is 0. The molecule has 1 N–H and O–H groups in total. The molecule has 0 amide bonds. The predicted molar refractivity (Wildman–Crippen MR) is 50.6 cm³/mol. The van der Waals surface area contributed by atoms with Gasteiger partial charge in [-0.3, -0.25) is 0 Å². The Balaban J connectivity index is 2.03. The molecule has 2 heterocycles. The van der Waals surface area contributed by atoms with Crippen LogP contribution >= 0.6 is 0 Å². The molecule has 4 heteroatoms. The van der Waals surface area contributed by atoms with Gasteiger partial charge < -0.3 is 9.84 Å². The quantitative estimate of drug-likeness (QED) is 0.765. The molecule has 0 saturated carbocycles. The van der Waals surface area contributed by atoms with Gasteiger partial charge in [0.2, 0.25) is 0 Å².